The first-order chi connectivity index (χ1) is 7.61. The molecule has 0 bridgehead atoms. The zero-order chi connectivity index (χ0) is 12.0. The number of benzene rings is 1. The summed E-state index contributed by atoms with van der Waals surface area (Å²) in [6.07, 6.45) is 2.08. The Kier molecular flexibility index (Phi) is 6.52. The fourth-order valence-corrected chi connectivity index (χ4v) is 2.11. The highest BCUT2D eigenvalue weighted by molar-refractivity contribution is 6.35. The monoisotopic (exact) mass is 279 g/mol. The van der Waals surface area contributed by atoms with Gasteiger partial charge in [0.2, 0.25) is 0 Å². The number of halogens is 3. The van der Waals surface area contributed by atoms with Crippen LogP contribution >= 0.6 is 34.8 Å². The maximum Gasteiger partial charge on any atom is 0.0465 e. The van der Waals surface area contributed by atoms with Crippen molar-refractivity contribution in [2.24, 2.45) is 0 Å². The quantitative estimate of drug-likeness (QED) is 0.598. The van der Waals surface area contributed by atoms with E-state index in [1.807, 2.05) is 25.1 Å². The molecule has 0 aromatic heterocycles. The van der Waals surface area contributed by atoms with E-state index in [4.69, 9.17) is 34.8 Å². The molecule has 0 saturated carbocycles. The molecule has 0 fully saturated rings. The molecule has 4 heteroatoms. The Balaban J connectivity index is 2.32. The van der Waals surface area contributed by atoms with Crippen LogP contribution in [0, 0.1) is 0 Å². The van der Waals surface area contributed by atoms with Crippen LogP contribution in [0.5, 0.6) is 0 Å². The van der Waals surface area contributed by atoms with Crippen molar-refractivity contribution >= 4 is 34.8 Å². The zero-order valence-corrected chi connectivity index (χ0v) is 11.5. The molecule has 0 heterocycles. The molecular weight excluding hydrogens is 264 g/mol. The molecule has 0 spiro atoms. The molecule has 0 aliphatic rings. The van der Waals surface area contributed by atoms with Crippen molar-refractivity contribution < 1.29 is 0 Å². The van der Waals surface area contributed by atoms with E-state index in [-0.39, 0.29) is 5.38 Å². The minimum Gasteiger partial charge on any atom is -0.313 e. The Morgan fingerprint density at radius 2 is 1.88 bits per heavy atom. The van der Waals surface area contributed by atoms with Gasteiger partial charge >= 0.3 is 0 Å². The highest BCUT2D eigenvalue weighted by atomic mass is 35.5. The number of alkyl halides is 1. The average Bonchev–Trinajstić information content (AvgIpc) is 2.21. The smallest absolute Gasteiger partial charge is 0.0465 e. The van der Waals surface area contributed by atoms with Crippen LogP contribution in [0.2, 0.25) is 10.0 Å². The molecule has 0 radical (unpaired) electrons. The third-order valence-electron chi connectivity index (χ3n) is 2.32. The summed E-state index contributed by atoms with van der Waals surface area (Å²) >= 11 is 17.9. The Hall–Kier alpha value is 0.0500. The normalized spacial score (nSPS) is 12.8. The lowest BCUT2D eigenvalue weighted by atomic mass is 10.2. The van der Waals surface area contributed by atoms with Crippen molar-refractivity contribution in [2.75, 3.05) is 6.54 Å². The van der Waals surface area contributed by atoms with Gasteiger partial charge in [-0.05, 0) is 38.4 Å². The molecule has 1 aromatic carbocycles. The molecule has 1 atom stereocenters. The minimum atomic E-state index is 0.241. The van der Waals surface area contributed by atoms with Crippen LogP contribution in [-0.2, 0) is 6.54 Å². The first kappa shape index (κ1) is 14.1. The first-order valence-electron chi connectivity index (χ1n) is 5.39. The largest absolute Gasteiger partial charge is 0.313 e. The summed E-state index contributed by atoms with van der Waals surface area (Å²) in [4.78, 5) is 0. The van der Waals surface area contributed by atoms with Crippen LogP contribution in [0.25, 0.3) is 0 Å². The molecule has 90 valence electrons. The highest BCUT2D eigenvalue weighted by Crippen LogP contribution is 2.23. The molecule has 0 saturated heterocycles. The Labute approximate surface area is 112 Å². The summed E-state index contributed by atoms with van der Waals surface area (Å²) in [6, 6.07) is 5.56. The fraction of sp³-hybridized carbons (Fsp3) is 0.500. The SMILES string of the molecule is CC(Cl)CCCNCc1c(Cl)cccc1Cl. The van der Waals surface area contributed by atoms with Crippen molar-refractivity contribution in [3.63, 3.8) is 0 Å². The molecule has 0 amide bonds. The lowest BCUT2D eigenvalue weighted by molar-refractivity contribution is 0.619. The van der Waals surface area contributed by atoms with Gasteiger partial charge in [-0.25, -0.2) is 0 Å². The van der Waals surface area contributed by atoms with E-state index in [1.165, 1.54) is 0 Å². The van der Waals surface area contributed by atoms with Crippen LogP contribution in [0.4, 0.5) is 0 Å². The van der Waals surface area contributed by atoms with Gasteiger partial charge < -0.3 is 5.32 Å². The topological polar surface area (TPSA) is 12.0 Å². The second-order valence-electron chi connectivity index (χ2n) is 3.80. The Morgan fingerprint density at radius 3 is 2.44 bits per heavy atom. The van der Waals surface area contributed by atoms with Gasteiger partial charge in [0.1, 0.15) is 0 Å². The van der Waals surface area contributed by atoms with Gasteiger partial charge in [-0.15, -0.1) is 11.6 Å². The van der Waals surface area contributed by atoms with Crippen LogP contribution < -0.4 is 5.32 Å². The number of hydrogen-bond acceptors (Lipinski definition) is 1. The summed E-state index contributed by atoms with van der Waals surface area (Å²) in [5, 5.41) is 4.98. The lowest BCUT2D eigenvalue weighted by Crippen LogP contribution is -2.16. The van der Waals surface area contributed by atoms with Gasteiger partial charge in [-0.1, -0.05) is 29.3 Å². The van der Waals surface area contributed by atoms with Gasteiger partial charge in [0, 0.05) is 27.5 Å². The molecule has 1 nitrogen and oxygen atoms in total. The lowest BCUT2D eigenvalue weighted by Gasteiger charge is -2.09. The molecule has 0 aliphatic carbocycles. The molecule has 16 heavy (non-hydrogen) atoms. The molecule has 1 aromatic rings. The summed E-state index contributed by atoms with van der Waals surface area (Å²) in [6.45, 7) is 3.64. The average molecular weight is 281 g/mol. The maximum atomic E-state index is 6.05. The van der Waals surface area contributed by atoms with E-state index < -0.39 is 0 Å². The van der Waals surface area contributed by atoms with Crippen molar-refractivity contribution in [2.45, 2.75) is 31.7 Å². The van der Waals surface area contributed by atoms with Crippen LogP contribution in [0.3, 0.4) is 0 Å². The molecular formula is C12H16Cl3N. The summed E-state index contributed by atoms with van der Waals surface area (Å²) in [5.41, 5.74) is 0.963. The molecule has 1 N–H and O–H groups in total. The summed E-state index contributed by atoms with van der Waals surface area (Å²) in [7, 11) is 0. The van der Waals surface area contributed by atoms with Crippen molar-refractivity contribution in [1.29, 1.82) is 0 Å². The van der Waals surface area contributed by atoms with Gasteiger partial charge in [0.05, 0.1) is 0 Å². The van der Waals surface area contributed by atoms with Crippen LogP contribution in [-0.4, -0.2) is 11.9 Å². The Bertz CT molecular complexity index is 306. The Morgan fingerprint density at radius 1 is 1.25 bits per heavy atom. The van der Waals surface area contributed by atoms with E-state index in [1.54, 1.807) is 0 Å². The van der Waals surface area contributed by atoms with Crippen LogP contribution in [0.15, 0.2) is 18.2 Å². The van der Waals surface area contributed by atoms with E-state index >= 15 is 0 Å². The van der Waals surface area contributed by atoms with Crippen molar-refractivity contribution in [1.82, 2.24) is 5.32 Å². The third kappa shape index (κ3) is 4.92. The predicted octanol–water partition coefficient (Wildman–Crippen LogP) is 4.49. The summed E-state index contributed by atoms with van der Waals surface area (Å²) < 4.78 is 0. The number of hydrogen-bond donors (Lipinski definition) is 1. The van der Waals surface area contributed by atoms with Gasteiger partial charge in [0.15, 0.2) is 0 Å². The van der Waals surface area contributed by atoms with E-state index in [0.29, 0.717) is 16.6 Å². The first-order valence-corrected chi connectivity index (χ1v) is 6.58. The standard InChI is InChI=1S/C12H16Cl3N/c1-9(13)4-3-7-16-8-10-11(14)5-2-6-12(10)15/h2,5-6,9,16H,3-4,7-8H2,1H3. The molecule has 1 unspecified atom stereocenters. The highest BCUT2D eigenvalue weighted by Gasteiger charge is 2.04. The summed E-state index contributed by atoms with van der Waals surface area (Å²) in [5.74, 6) is 0. The van der Waals surface area contributed by atoms with Gasteiger partial charge in [-0.3, -0.25) is 0 Å². The minimum absolute atomic E-state index is 0.241. The van der Waals surface area contributed by atoms with Gasteiger partial charge in [0.25, 0.3) is 0 Å². The second-order valence-corrected chi connectivity index (χ2v) is 5.36. The van der Waals surface area contributed by atoms with Crippen molar-refractivity contribution in [3.8, 4) is 0 Å². The van der Waals surface area contributed by atoms with E-state index in [0.717, 1.165) is 24.9 Å². The second kappa shape index (κ2) is 7.39. The predicted molar refractivity (Wildman–Crippen MR) is 72.7 cm³/mol. The van der Waals surface area contributed by atoms with Crippen molar-refractivity contribution in [3.05, 3.63) is 33.8 Å². The third-order valence-corrected chi connectivity index (χ3v) is 3.25. The van der Waals surface area contributed by atoms with Crippen LogP contribution in [0.1, 0.15) is 25.3 Å². The molecule has 0 aliphatic heterocycles. The molecule has 1 rings (SSSR count). The van der Waals surface area contributed by atoms with Gasteiger partial charge in [-0.2, -0.15) is 0 Å². The van der Waals surface area contributed by atoms with E-state index in [2.05, 4.69) is 5.32 Å². The van der Waals surface area contributed by atoms with E-state index in [9.17, 15) is 0 Å². The fourth-order valence-electron chi connectivity index (χ4n) is 1.42. The number of rotatable bonds is 6. The maximum absolute atomic E-state index is 6.05. The number of nitrogens with one attached hydrogen (secondary N) is 1. The zero-order valence-electron chi connectivity index (χ0n) is 9.27.